The van der Waals surface area contributed by atoms with E-state index < -0.39 is 4.92 Å². The highest BCUT2D eigenvalue weighted by Gasteiger charge is 2.14. The molecule has 0 fully saturated rings. The van der Waals surface area contributed by atoms with Crippen LogP contribution in [-0.2, 0) is 0 Å². The minimum Gasteiger partial charge on any atom is -0.398 e. The Morgan fingerprint density at radius 3 is 2.67 bits per heavy atom. The van der Waals surface area contributed by atoms with Crippen LogP contribution in [0, 0.1) is 10.1 Å². The number of anilines is 1. The molecule has 0 radical (unpaired) electrons. The summed E-state index contributed by atoms with van der Waals surface area (Å²) >= 11 is 5.94. The third-order valence-electron chi connectivity index (χ3n) is 2.20. The first-order valence-electron chi connectivity index (χ1n) is 4.22. The lowest BCUT2D eigenvalue weighted by molar-refractivity contribution is -0.383. The molecule has 5 heteroatoms. The second-order valence-electron chi connectivity index (χ2n) is 3.09. The summed E-state index contributed by atoms with van der Waals surface area (Å²) in [4.78, 5) is 10.3. The van der Waals surface area contributed by atoms with Gasteiger partial charge in [-0.3, -0.25) is 10.1 Å². The fraction of sp³-hybridized carbons (Fsp3) is 0. The summed E-state index contributed by atoms with van der Waals surface area (Å²) in [5.74, 6) is 0. The van der Waals surface area contributed by atoms with Crippen molar-refractivity contribution in [3.8, 4) is 0 Å². The molecule has 0 saturated carbocycles. The molecule has 0 aliphatic heterocycles. The Balaban J connectivity index is 2.95. The molecular weight excluding hydrogens is 216 g/mol. The molecule has 15 heavy (non-hydrogen) atoms. The van der Waals surface area contributed by atoms with Crippen LogP contribution >= 0.6 is 11.6 Å². The van der Waals surface area contributed by atoms with Crippen molar-refractivity contribution in [3.63, 3.8) is 0 Å². The monoisotopic (exact) mass is 222 g/mol. The fourth-order valence-electron chi connectivity index (χ4n) is 1.53. The molecule has 4 nitrogen and oxygen atoms in total. The van der Waals surface area contributed by atoms with Gasteiger partial charge in [0.25, 0.3) is 5.69 Å². The zero-order chi connectivity index (χ0) is 11.0. The largest absolute Gasteiger partial charge is 0.398 e. The van der Waals surface area contributed by atoms with Crippen LogP contribution in [0.5, 0.6) is 0 Å². The lowest BCUT2D eigenvalue weighted by Gasteiger charge is -2.04. The molecule has 0 aliphatic carbocycles. The quantitative estimate of drug-likeness (QED) is 0.458. The van der Waals surface area contributed by atoms with Gasteiger partial charge in [0, 0.05) is 17.1 Å². The van der Waals surface area contributed by atoms with Gasteiger partial charge in [0.2, 0.25) is 0 Å². The van der Waals surface area contributed by atoms with Crippen LogP contribution in [0.1, 0.15) is 0 Å². The van der Waals surface area contributed by atoms with Crippen LogP contribution in [0.3, 0.4) is 0 Å². The molecule has 2 rings (SSSR count). The van der Waals surface area contributed by atoms with Gasteiger partial charge in [-0.25, -0.2) is 0 Å². The summed E-state index contributed by atoms with van der Waals surface area (Å²) in [5, 5.41) is 12.2. The minimum absolute atomic E-state index is 0.0155. The van der Waals surface area contributed by atoms with Crippen molar-refractivity contribution in [1.82, 2.24) is 0 Å². The van der Waals surface area contributed by atoms with E-state index in [2.05, 4.69) is 0 Å². The van der Waals surface area contributed by atoms with Crippen LogP contribution in [0.2, 0.25) is 5.02 Å². The smallest absolute Gasteiger partial charge is 0.277 e. The van der Waals surface area contributed by atoms with Gasteiger partial charge in [0.1, 0.15) is 0 Å². The van der Waals surface area contributed by atoms with Gasteiger partial charge in [-0.15, -0.1) is 0 Å². The number of hydrogen-bond acceptors (Lipinski definition) is 3. The highest BCUT2D eigenvalue weighted by Crippen LogP contribution is 2.34. The number of nitrogen functional groups attached to an aromatic ring is 1. The molecule has 0 amide bonds. The van der Waals surface area contributed by atoms with Crippen molar-refractivity contribution in [2.45, 2.75) is 0 Å². The predicted octanol–water partition coefficient (Wildman–Crippen LogP) is 2.98. The highest BCUT2D eigenvalue weighted by atomic mass is 35.5. The normalized spacial score (nSPS) is 10.5. The van der Waals surface area contributed by atoms with Crippen molar-refractivity contribution >= 4 is 33.7 Å². The Bertz CT molecular complexity index is 546. The van der Waals surface area contributed by atoms with E-state index in [1.54, 1.807) is 18.2 Å². The summed E-state index contributed by atoms with van der Waals surface area (Å²) in [7, 11) is 0. The van der Waals surface area contributed by atoms with Gasteiger partial charge >= 0.3 is 0 Å². The second-order valence-corrected chi connectivity index (χ2v) is 3.50. The van der Waals surface area contributed by atoms with Crippen molar-refractivity contribution < 1.29 is 4.92 Å². The molecule has 0 aromatic heterocycles. The second kappa shape index (κ2) is 3.40. The highest BCUT2D eigenvalue weighted by molar-refractivity contribution is 6.37. The van der Waals surface area contributed by atoms with Gasteiger partial charge in [0.05, 0.1) is 15.3 Å². The Labute approximate surface area is 90.4 Å². The molecular formula is C10H7ClN2O2. The summed E-state index contributed by atoms with van der Waals surface area (Å²) < 4.78 is 0. The first-order valence-corrected chi connectivity index (χ1v) is 4.60. The Kier molecular flexibility index (Phi) is 2.21. The van der Waals surface area contributed by atoms with E-state index in [-0.39, 0.29) is 5.69 Å². The average Bonchev–Trinajstić information content (AvgIpc) is 2.17. The van der Waals surface area contributed by atoms with Crippen LogP contribution in [-0.4, -0.2) is 4.92 Å². The average molecular weight is 223 g/mol. The molecule has 2 aromatic carbocycles. The third kappa shape index (κ3) is 1.49. The fourth-order valence-corrected chi connectivity index (χ4v) is 1.82. The number of rotatable bonds is 1. The van der Waals surface area contributed by atoms with Crippen molar-refractivity contribution in [2.24, 2.45) is 0 Å². The number of nitrogens with two attached hydrogens (primary N) is 1. The van der Waals surface area contributed by atoms with Gasteiger partial charge in [0.15, 0.2) is 0 Å². The maximum atomic E-state index is 10.8. The first-order chi connectivity index (χ1) is 7.11. The summed E-state index contributed by atoms with van der Waals surface area (Å²) in [6, 6.07) is 7.83. The van der Waals surface area contributed by atoms with Crippen LogP contribution in [0.25, 0.3) is 10.8 Å². The van der Waals surface area contributed by atoms with Crippen LogP contribution < -0.4 is 5.73 Å². The molecule has 0 saturated heterocycles. The number of nitro groups is 1. The van der Waals surface area contributed by atoms with Gasteiger partial charge < -0.3 is 5.73 Å². The topological polar surface area (TPSA) is 69.2 Å². The number of benzene rings is 2. The molecule has 0 atom stereocenters. The molecule has 0 heterocycles. The molecule has 0 aliphatic rings. The van der Waals surface area contributed by atoms with E-state index >= 15 is 0 Å². The Morgan fingerprint density at radius 1 is 1.27 bits per heavy atom. The SMILES string of the molecule is Nc1ccc([N+](=O)[O-])c2cccc(Cl)c12. The van der Waals surface area contributed by atoms with E-state index in [1.165, 1.54) is 12.1 Å². The van der Waals surface area contributed by atoms with E-state index in [1.807, 2.05) is 0 Å². The van der Waals surface area contributed by atoms with E-state index in [0.29, 0.717) is 21.5 Å². The van der Waals surface area contributed by atoms with E-state index in [4.69, 9.17) is 17.3 Å². The van der Waals surface area contributed by atoms with Crippen LogP contribution in [0.4, 0.5) is 11.4 Å². The lowest BCUT2D eigenvalue weighted by atomic mass is 10.1. The lowest BCUT2D eigenvalue weighted by Crippen LogP contribution is -1.93. The zero-order valence-corrected chi connectivity index (χ0v) is 8.36. The first kappa shape index (κ1) is 9.73. The van der Waals surface area contributed by atoms with Gasteiger partial charge in [-0.1, -0.05) is 17.7 Å². The van der Waals surface area contributed by atoms with Crippen molar-refractivity contribution in [1.29, 1.82) is 0 Å². The number of nitrogens with zero attached hydrogens (tertiary/aromatic N) is 1. The van der Waals surface area contributed by atoms with E-state index in [9.17, 15) is 10.1 Å². The Hall–Kier alpha value is -1.81. The third-order valence-corrected chi connectivity index (χ3v) is 2.51. The molecule has 76 valence electrons. The number of fused-ring (bicyclic) bond motifs is 1. The molecule has 0 unspecified atom stereocenters. The minimum atomic E-state index is -0.446. The number of nitro benzene ring substituents is 1. The van der Waals surface area contributed by atoms with Crippen LogP contribution in [0.15, 0.2) is 30.3 Å². The van der Waals surface area contributed by atoms with Crippen molar-refractivity contribution in [2.75, 3.05) is 5.73 Å². The standard InChI is InChI=1S/C10H7ClN2O2/c11-7-3-1-2-6-9(13(14)15)5-4-8(12)10(6)7/h1-5H,12H2. The number of hydrogen-bond donors (Lipinski definition) is 1. The summed E-state index contributed by atoms with van der Waals surface area (Å²) in [6.07, 6.45) is 0. The van der Waals surface area contributed by atoms with Crippen molar-refractivity contribution in [3.05, 3.63) is 45.5 Å². The summed E-state index contributed by atoms with van der Waals surface area (Å²) in [6.45, 7) is 0. The molecule has 2 N–H and O–H groups in total. The predicted molar refractivity (Wildman–Crippen MR) is 60.0 cm³/mol. The Morgan fingerprint density at radius 2 is 2.00 bits per heavy atom. The number of halogens is 1. The maximum absolute atomic E-state index is 10.8. The number of non-ortho nitro benzene ring substituents is 1. The van der Waals surface area contributed by atoms with Gasteiger partial charge in [-0.2, -0.15) is 0 Å². The van der Waals surface area contributed by atoms with Gasteiger partial charge in [-0.05, 0) is 18.2 Å². The molecule has 0 spiro atoms. The summed E-state index contributed by atoms with van der Waals surface area (Å²) in [5.41, 5.74) is 6.18. The molecule has 0 bridgehead atoms. The zero-order valence-electron chi connectivity index (χ0n) is 7.61. The van der Waals surface area contributed by atoms with E-state index in [0.717, 1.165) is 0 Å². The molecule has 2 aromatic rings. The maximum Gasteiger partial charge on any atom is 0.277 e.